The van der Waals surface area contributed by atoms with Gasteiger partial charge in [-0.2, -0.15) is 50.5 Å². The number of carbonyl (C=O) groups excluding carboxylic acids is 3. The average Bonchev–Trinajstić information content (AvgIpc) is 3.21. The van der Waals surface area contributed by atoms with E-state index in [1.807, 2.05) is 0 Å². The van der Waals surface area contributed by atoms with Crippen molar-refractivity contribution in [2.75, 3.05) is 20.4 Å². The van der Waals surface area contributed by atoms with E-state index >= 15 is 0 Å². The second kappa shape index (κ2) is 18.0. The van der Waals surface area contributed by atoms with E-state index in [0.717, 1.165) is 24.3 Å². The van der Waals surface area contributed by atoms with Crippen LogP contribution >= 0.6 is 0 Å². The Bertz CT molecular complexity index is 3800. The molecule has 0 saturated carbocycles. The largest absolute Gasteiger partial charge is 0.323 e. The smallest absolute Gasteiger partial charge is 0.308 e. The number of nitrogens with one attached hydrogen (secondary N) is 2. The fourth-order valence-electron chi connectivity index (χ4n) is 6.95. The Kier molecular flexibility index (Phi) is 13.5. The summed E-state index contributed by atoms with van der Waals surface area (Å²) in [5.74, 6) is 0. The van der Waals surface area contributed by atoms with Crippen molar-refractivity contribution in [2.45, 2.75) is 36.3 Å². The molecule has 0 aliphatic carbocycles. The zero-order valence-electron chi connectivity index (χ0n) is 34.2. The van der Waals surface area contributed by atoms with Gasteiger partial charge in [-0.05, 0) is 79.7 Å². The maximum Gasteiger partial charge on any atom is 0.323 e. The molecule has 0 heterocycles. The number of hydrogen-bond acceptors (Lipinski definition) is 17. The van der Waals surface area contributed by atoms with Gasteiger partial charge in [-0.15, -0.1) is 0 Å². The summed E-state index contributed by atoms with van der Waals surface area (Å²) in [5.41, 5.74) is -4.07. The fraction of sp³-hybridized carbons (Fsp3) is 0.0278. The highest BCUT2D eigenvalue weighted by molar-refractivity contribution is 7.88. The number of anilines is 6. The number of aryl methyl sites for hydroxylation is 1. The van der Waals surface area contributed by atoms with E-state index in [2.05, 4.69) is 10.6 Å². The molecule has 0 atom stereocenters. The van der Waals surface area contributed by atoms with Gasteiger partial charge in [-0.25, -0.2) is 4.79 Å². The van der Waals surface area contributed by atoms with Gasteiger partial charge < -0.3 is 10.6 Å². The topological polar surface area (TPSA) is 451 Å². The zero-order valence-corrected chi connectivity index (χ0v) is 39.1. The third-order valence-corrected chi connectivity index (χ3v) is 15.0. The molecule has 6 aromatic rings. The van der Waals surface area contributed by atoms with Crippen LogP contribution in [0.5, 0.6) is 0 Å². The highest BCUT2D eigenvalue weighted by Crippen LogP contribution is 2.44. The molecule has 4 amide bonds. The molecule has 0 aliphatic heterocycles. The van der Waals surface area contributed by atoms with Crippen molar-refractivity contribution in [1.82, 2.24) is 0 Å². The first-order chi connectivity index (χ1) is 32.1. The van der Waals surface area contributed by atoms with Gasteiger partial charge >= 0.3 is 6.03 Å². The summed E-state index contributed by atoms with van der Waals surface area (Å²) in [6.07, 6.45) is -0.314. The number of rotatable bonds is 15. The highest BCUT2D eigenvalue weighted by Gasteiger charge is 2.32. The Balaban J connectivity index is 1.72. The van der Waals surface area contributed by atoms with Gasteiger partial charge in [0.2, 0.25) is 12.8 Å². The van der Waals surface area contributed by atoms with E-state index in [4.69, 9.17) is 0 Å². The van der Waals surface area contributed by atoms with E-state index in [0.29, 0.717) is 46.2 Å². The van der Waals surface area contributed by atoms with Crippen molar-refractivity contribution in [3.05, 3.63) is 101 Å². The molecule has 0 aromatic heterocycles. The second-order valence-corrected chi connectivity index (χ2v) is 22.6. The molecule has 370 valence electrons. The Labute approximate surface area is 393 Å². The Morgan fingerprint density at radius 1 is 0.514 bits per heavy atom. The molecule has 0 saturated heterocycles. The minimum atomic E-state index is -5.75. The van der Waals surface area contributed by atoms with E-state index < -0.39 is 157 Å². The van der Waals surface area contributed by atoms with Crippen molar-refractivity contribution >= 4 is 141 Å². The van der Waals surface area contributed by atoms with Crippen molar-refractivity contribution in [2.24, 2.45) is 0 Å². The van der Waals surface area contributed by atoms with Gasteiger partial charge in [-0.1, -0.05) is 6.07 Å². The van der Waals surface area contributed by atoms with Crippen LogP contribution in [0.1, 0.15) is 5.56 Å². The quantitative estimate of drug-likeness (QED) is 0.0312. The van der Waals surface area contributed by atoms with Crippen LogP contribution in [0.15, 0.2) is 114 Å². The maximum atomic E-state index is 13.5. The minimum Gasteiger partial charge on any atom is -0.308 e. The van der Waals surface area contributed by atoms with Crippen LogP contribution in [0.3, 0.4) is 0 Å². The summed E-state index contributed by atoms with van der Waals surface area (Å²) in [4.78, 5) is 43.2. The van der Waals surface area contributed by atoms with Crippen molar-refractivity contribution < 1.29 is 97.1 Å². The number of benzene rings is 6. The first-order valence-corrected chi connectivity index (χ1v) is 26.7. The molecule has 6 aromatic carbocycles. The average molecular weight is 1090 g/mol. The molecule has 0 spiro atoms. The number of hydrogen-bond donors (Lipinski definition) is 8. The fourth-order valence-corrected chi connectivity index (χ4v) is 11.0. The van der Waals surface area contributed by atoms with E-state index in [9.17, 15) is 102 Å². The Morgan fingerprint density at radius 2 is 0.900 bits per heavy atom. The van der Waals surface area contributed by atoms with Crippen LogP contribution in [-0.2, 0) is 70.3 Å². The molecular formula is C36H27N5O23S6. The zero-order chi connectivity index (χ0) is 52.4. The predicted molar refractivity (Wildman–Crippen MR) is 240 cm³/mol. The summed E-state index contributed by atoms with van der Waals surface area (Å²) in [5, 5.41) is 11.8. The van der Waals surface area contributed by atoms with Crippen LogP contribution in [0.25, 0.3) is 21.5 Å². The van der Waals surface area contributed by atoms with Gasteiger partial charge in [0.25, 0.3) is 66.4 Å². The number of nitro benzene ring substituents is 1. The monoisotopic (exact) mass is 1090 g/mol. The SMILES string of the molecule is Cc1ccc(NC(=O)Nc2cc(N(C=O)c3ccc(S(=O)(=O)O)c4cc(S(=O)(=O)O)cc(S(=O)(=O)O)c34)cc(N(C=O)c3ccc(S(=O)(=O)O)c4cc(S(=O)(=O)O)cc(S(=O)(=O)O)c34)c2)cc1[N+](=O)[O-]. The molecule has 28 nitrogen and oxygen atoms in total. The molecule has 0 unspecified atom stereocenters. The highest BCUT2D eigenvalue weighted by atomic mass is 32.2. The number of urea groups is 1. The lowest BCUT2D eigenvalue weighted by Crippen LogP contribution is -2.22. The summed E-state index contributed by atoms with van der Waals surface area (Å²) >= 11 is 0. The number of fused-ring (bicyclic) bond motifs is 2. The van der Waals surface area contributed by atoms with Crippen LogP contribution in [0, 0.1) is 17.0 Å². The normalized spacial score (nSPS) is 12.6. The van der Waals surface area contributed by atoms with Gasteiger partial charge in [0.1, 0.15) is 19.6 Å². The lowest BCUT2D eigenvalue weighted by atomic mass is 10.1. The van der Waals surface area contributed by atoms with E-state index in [1.165, 1.54) is 19.1 Å². The second-order valence-electron chi connectivity index (χ2n) is 14.2. The lowest BCUT2D eigenvalue weighted by Gasteiger charge is -2.26. The van der Waals surface area contributed by atoms with E-state index in [1.54, 1.807) is 0 Å². The minimum absolute atomic E-state index is 0.131. The lowest BCUT2D eigenvalue weighted by molar-refractivity contribution is -0.385. The van der Waals surface area contributed by atoms with Crippen LogP contribution < -0.4 is 20.4 Å². The molecule has 0 aliphatic rings. The van der Waals surface area contributed by atoms with Crippen LogP contribution in [-0.4, -0.2) is 102 Å². The predicted octanol–water partition coefficient (Wildman–Crippen LogP) is 3.92. The third-order valence-electron chi connectivity index (χ3n) is 9.80. The number of nitro groups is 1. The van der Waals surface area contributed by atoms with Gasteiger partial charge in [-0.3, -0.25) is 56.8 Å². The summed E-state index contributed by atoms with van der Waals surface area (Å²) in [6.45, 7) is 1.38. The Morgan fingerprint density at radius 3 is 1.24 bits per heavy atom. The third kappa shape index (κ3) is 10.6. The van der Waals surface area contributed by atoms with Crippen LogP contribution in [0.4, 0.5) is 44.6 Å². The molecule has 70 heavy (non-hydrogen) atoms. The first-order valence-electron chi connectivity index (χ1n) is 18.1. The molecule has 0 radical (unpaired) electrons. The summed E-state index contributed by atoms with van der Waals surface area (Å²) in [6, 6.07) is 7.83. The molecule has 0 fully saturated rings. The summed E-state index contributed by atoms with van der Waals surface area (Å²) in [7, 11) is -33.4. The Hall–Kier alpha value is -7.09. The van der Waals surface area contributed by atoms with Crippen molar-refractivity contribution in [3.8, 4) is 0 Å². The maximum absolute atomic E-state index is 13.5. The first kappa shape index (κ1) is 52.3. The molecule has 6 rings (SSSR count). The van der Waals surface area contributed by atoms with Gasteiger partial charge in [0.15, 0.2) is 0 Å². The molecular weight excluding hydrogens is 1060 g/mol. The number of amides is 4. The molecule has 34 heteroatoms. The number of nitrogens with zero attached hydrogens (tertiary/aromatic N) is 3. The van der Waals surface area contributed by atoms with Crippen molar-refractivity contribution in [1.29, 1.82) is 0 Å². The summed E-state index contributed by atoms with van der Waals surface area (Å²) < 4.78 is 211. The van der Waals surface area contributed by atoms with Crippen molar-refractivity contribution in [3.63, 3.8) is 0 Å². The van der Waals surface area contributed by atoms with Crippen LogP contribution in [0.2, 0.25) is 0 Å². The standard InChI is InChI=1S/C36H27N5O23S6/c1-18-2-3-19(10-29(18)41(45)46)37-36(44)38-20-8-21(39(16-42)27-4-6-30(67(53,54)55)25-12-23(65(47,48)49)14-32(34(25)27)69(59,60)61)11-22(9-20)40(17-43)28-5-7-31(68(56,57)58)26-13-24(66(50,51)52)15-33(35(26)28)70(62,63)64/h2-17H,1H3,(H2,37,38,44)(H,47,48,49)(H,50,51,52)(H,53,54,55)(H,56,57,58)(H,59,60,61)(H,62,63,64). The number of carbonyl (C=O) groups is 3. The molecule has 8 N–H and O–H groups in total. The van der Waals surface area contributed by atoms with Gasteiger partial charge in [0.05, 0.1) is 37.5 Å². The molecule has 0 bridgehead atoms. The van der Waals surface area contributed by atoms with E-state index in [-0.39, 0.29) is 36.2 Å². The van der Waals surface area contributed by atoms with Gasteiger partial charge in [0, 0.05) is 44.5 Å².